The Labute approximate surface area is 80.3 Å². The van der Waals surface area contributed by atoms with Gasteiger partial charge in [-0.2, -0.15) is 11.8 Å². The van der Waals surface area contributed by atoms with E-state index < -0.39 is 0 Å². The molecule has 72 valence electrons. The van der Waals surface area contributed by atoms with Gasteiger partial charge in [0, 0.05) is 10.7 Å². The minimum absolute atomic E-state index is 0.0991. The summed E-state index contributed by atoms with van der Waals surface area (Å²) < 4.78 is 0.0991. The van der Waals surface area contributed by atoms with Crippen LogP contribution in [0.3, 0.4) is 0 Å². The van der Waals surface area contributed by atoms with Crippen molar-refractivity contribution in [3.8, 4) is 0 Å². The highest BCUT2D eigenvalue weighted by Gasteiger charge is 2.28. The van der Waals surface area contributed by atoms with Crippen molar-refractivity contribution < 1.29 is 4.79 Å². The molecule has 0 rings (SSSR count). The molecule has 12 heavy (non-hydrogen) atoms. The van der Waals surface area contributed by atoms with E-state index in [4.69, 9.17) is 0 Å². The molecule has 0 aliphatic heterocycles. The number of carbonyl (C=O) groups is 1. The zero-order valence-electron chi connectivity index (χ0n) is 8.81. The van der Waals surface area contributed by atoms with E-state index in [1.165, 1.54) is 6.42 Å². The maximum atomic E-state index is 11.1. The smallest absolute Gasteiger partial charge is 0.133 e. The predicted molar refractivity (Wildman–Crippen MR) is 56.7 cm³/mol. The zero-order valence-corrected chi connectivity index (χ0v) is 9.62. The van der Waals surface area contributed by atoms with E-state index in [0.717, 1.165) is 5.75 Å². The lowest BCUT2D eigenvalue weighted by molar-refractivity contribution is -0.120. The third-order valence-electron chi connectivity index (χ3n) is 2.33. The summed E-state index contributed by atoms with van der Waals surface area (Å²) in [5.41, 5.74) is 0. The van der Waals surface area contributed by atoms with Crippen LogP contribution < -0.4 is 0 Å². The summed E-state index contributed by atoms with van der Waals surface area (Å²) in [6.45, 7) is 10.2. The Bertz CT molecular complexity index is 152. The van der Waals surface area contributed by atoms with Gasteiger partial charge in [-0.1, -0.05) is 27.7 Å². The van der Waals surface area contributed by atoms with Crippen LogP contribution in [0.2, 0.25) is 0 Å². The van der Waals surface area contributed by atoms with Gasteiger partial charge in [0.1, 0.15) is 5.78 Å². The normalized spacial score (nSPS) is 14.4. The molecule has 0 fully saturated rings. The largest absolute Gasteiger partial charge is 0.300 e. The molecule has 0 bridgehead atoms. The van der Waals surface area contributed by atoms with Crippen LogP contribution in [0, 0.1) is 5.92 Å². The Morgan fingerprint density at radius 1 is 1.50 bits per heavy atom. The molecule has 0 amide bonds. The molecular weight excluding hydrogens is 168 g/mol. The Hall–Kier alpha value is 0.0200. The fraction of sp³-hybridized carbons (Fsp3) is 0.900. The number of ketones is 1. The van der Waals surface area contributed by atoms with Crippen LogP contribution >= 0.6 is 11.8 Å². The maximum absolute atomic E-state index is 11.1. The average molecular weight is 188 g/mol. The van der Waals surface area contributed by atoms with E-state index in [2.05, 4.69) is 20.8 Å². The molecule has 0 aromatic rings. The second-order valence-corrected chi connectivity index (χ2v) is 5.53. The number of hydrogen-bond acceptors (Lipinski definition) is 2. The summed E-state index contributed by atoms with van der Waals surface area (Å²) in [6.07, 6.45) is 1.18. The summed E-state index contributed by atoms with van der Waals surface area (Å²) in [5, 5.41) is 0. The summed E-state index contributed by atoms with van der Waals surface area (Å²) in [4.78, 5) is 11.1. The standard InChI is InChI=1S/C10H20OS/c1-6-7-12-10(4,5)8(2)9(3)11/h8H,6-7H2,1-5H3. The highest BCUT2D eigenvalue weighted by Crippen LogP contribution is 2.33. The Morgan fingerprint density at radius 3 is 2.33 bits per heavy atom. The van der Waals surface area contributed by atoms with Crippen LogP contribution in [0.25, 0.3) is 0 Å². The Balaban J connectivity index is 4.08. The molecule has 0 saturated heterocycles. The van der Waals surface area contributed by atoms with E-state index in [1.54, 1.807) is 6.92 Å². The second kappa shape index (κ2) is 4.90. The van der Waals surface area contributed by atoms with Gasteiger partial charge in [-0.3, -0.25) is 4.79 Å². The zero-order chi connectivity index (χ0) is 9.78. The van der Waals surface area contributed by atoms with Crippen LogP contribution in [-0.4, -0.2) is 16.3 Å². The van der Waals surface area contributed by atoms with Gasteiger partial charge in [0.15, 0.2) is 0 Å². The van der Waals surface area contributed by atoms with E-state index in [0.29, 0.717) is 5.78 Å². The van der Waals surface area contributed by atoms with Crippen LogP contribution in [-0.2, 0) is 4.79 Å². The third kappa shape index (κ3) is 3.61. The van der Waals surface area contributed by atoms with Crippen LogP contribution in [0.5, 0.6) is 0 Å². The summed E-state index contributed by atoms with van der Waals surface area (Å²) in [7, 11) is 0. The number of thioether (sulfide) groups is 1. The highest BCUT2D eigenvalue weighted by molar-refractivity contribution is 8.00. The summed E-state index contributed by atoms with van der Waals surface area (Å²) >= 11 is 1.89. The molecule has 0 aromatic heterocycles. The first-order valence-electron chi connectivity index (χ1n) is 4.56. The monoisotopic (exact) mass is 188 g/mol. The van der Waals surface area contributed by atoms with Crippen molar-refractivity contribution in [2.24, 2.45) is 5.92 Å². The fourth-order valence-corrected chi connectivity index (χ4v) is 2.13. The molecule has 2 heteroatoms. The fourth-order valence-electron chi connectivity index (χ4n) is 0.980. The third-order valence-corrected chi connectivity index (χ3v) is 4.04. The molecule has 1 unspecified atom stereocenters. The van der Waals surface area contributed by atoms with Gasteiger partial charge >= 0.3 is 0 Å². The Morgan fingerprint density at radius 2 is 2.00 bits per heavy atom. The molecule has 0 heterocycles. The Kier molecular flexibility index (Phi) is 4.91. The molecule has 0 aliphatic carbocycles. The van der Waals surface area contributed by atoms with Crippen molar-refractivity contribution in [2.75, 3.05) is 5.75 Å². The van der Waals surface area contributed by atoms with Gasteiger partial charge in [-0.05, 0) is 19.1 Å². The molecule has 0 aromatic carbocycles. The molecule has 1 atom stereocenters. The lowest BCUT2D eigenvalue weighted by Crippen LogP contribution is -2.30. The number of Topliss-reactive ketones (excluding diaryl/α,β-unsaturated/α-hetero) is 1. The lowest BCUT2D eigenvalue weighted by Gasteiger charge is -2.29. The number of carbonyl (C=O) groups excluding carboxylic acids is 1. The molecule has 0 radical (unpaired) electrons. The van der Waals surface area contributed by atoms with Crippen LogP contribution in [0.4, 0.5) is 0 Å². The van der Waals surface area contributed by atoms with Gasteiger partial charge in [0.05, 0.1) is 0 Å². The van der Waals surface area contributed by atoms with Crippen molar-refractivity contribution >= 4 is 17.5 Å². The molecule has 0 spiro atoms. The lowest BCUT2D eigenvalue weighted by atomic mass is 9.93. The minimum atomic E-state index is 0.0991. The average Bonchev–Trinajstić information content (AvgIpc) is 1.99. The highest BCUT2D eigenvalue weighted by atomic mass is 32.2. The molecule has 0 aliphatic rings. The van der Waals surface area contributed by atoms with Gasteiger partial charge < -0.3 is 0 Å². The SMILES string of the molecule is CCCSC(C)(C)C(C)C(C)=O. The van der Waals surface area contributed by atoms with E-state index in [-0.39, 0.29) is 10.7 Å². The molecule has 0 saturated carbocycles. The maximum Gasteiger partial charge on any atom is 0.133 e. The molecule has 0 N–H and O–H groups in total. The number of rotatable bonds is 5. The van der Waals surface area contributed by atoms with Crippen LogP contribution in [0.1, 0.15) is 41.0 Å². The quantitative estimate of drug-likeness (QED) is 0.659. The first kappa shape index (κ1) is 12.0. The van der Waals surface area contributed by atoms with Gasteiger partial charge in [-0.15, -0.1) is 0 Å². The first-order valence-corrected chi connectivity index (χ1v) is 5.54. The van der Waals surface area contributed by atoms with Crippen molar-refractivity contribution in [1.29, 1.82) is 0 Å². The van der Waals surface area contributed by atoms with Crippen molar-refractivity contribution in [1.82, 2.24) is 0 Å². The van der Waals surface area contributed by atoms with Crippen molar-refractivity contribution in [3.05, 3.63) is 0 Å². The van der Waals surface area contributed by atoms with E-state index in [9.17, 15) is 4.79 Å². The van der Waals surface area contributed by atoms with Gasteiger partial charge in [-0.25, -0.2) is 0 Å². The first-order chi connectivity index (χ1) is 5.41. The van der Waals surface area contributed by atoms with E-state index in [1.807, 2.05) is 18.7 Å². The van der Waals surface area contributed by atoms with Crippen LogP contribution in [0.15, 0.2) is 0 Å². The predicted octanol–water partition coefficient (Wildman–Crippen LogP) is 3.13. The van der Waals surface area contributed by atoms with Crippen molar-refractivity contribution in [3.63, 3.8) is 0 Å². The van der Waals surface area contributed by atoms with Gasteiger partial charge in [0.25, 0.3) is 0 Å². The molecule has 1 nitrogen and oxygen atoms in total. The number of hydrogen-bond donors (Lipinski definition) is 0. The minimum Gasteiger partial charge on any atom is -0.300 e. The van der Waals surface area contributed by atoms with Crippen molar-refractivity contribution in [2.45, 2.75) is 45.8 Å². The molecular formula is C10H20OS. The second-order valence-electron chi connectivity index (χ2n) is 3.78. The summed E-state index contributed by atoms with van der Waals surface area (Å²) in [5.74, 6) is 1.60. The summed E-state index contributed by atoms with van der Waals surface area (Å²) in [6, 6.07) is 0. The van der Waals surface area contributed by atoms with E-state index >= 15 is 0 Å². The van der Waals surface area contributed by atoms with Gasteiger partial charge in [0.2, 0.25) is 0 Å². The topological polar surface area (TPSA) is 17.1 Å².